The maximum absolute atomic E-state index is 14.0. The standard InChI is InChI=1S/C67H80N2O17/c1-5-8-9-20-25-48(4)83-61-46-59(68)58(45-60(61)69(76)77)67(75)86-53-29-26-49(27-30-53)47-82-65(73)57-44-50(64(72)84-54-35-31-51(32-36-54)78-40-21-16-12-10-14-18-23-42-80-62(70)6-2)28-39-56(57)66(74)85-55-37-33-52(34-38-55)79-41-22-17-13-11-15-19-24-43-81-63(71)7-3/h6-7,26-39,44-46,48H,2-3,5,8-25,40-43,47,68H2,1,4H3/t48-/m0/s1. The second kappa shape index (κ2) is 38.0. The number of unbranched alkanes of at least 4 members (excludes halogenated alkanes) is 15. The molecule has 0 amide bonds. The van der Waals surface area contributed by atoms with E-state index < -0.39 is 46.4 Å². The summed E-state index contributed by atoms with van der Waals surface area (Å²) >= 11 is 0. The van der Waals surface area contributed by atoms with Gasteiger partial charge in [0, 0.05) is 24.3 Å². The average molecular weight is 1190 g/mol. The van der Waals surface area contributed by atoms with Gasteiger partial charge in [-0.05, 0) is 130 Å². The summed E-state index contributed by atoms with van der Waals surface area (Å²) < 4.78 is 50.2. The van der Waals surface area contributed by atoms with Gasteiger partial charge in [0.1, 0.15) is 35.4 Å². The van der Waals surface area contributed by atoms with Crippen LogP contribution in [0.25, 0.3) is 0 Å². The van der Waals surface area contributed by atoms with Crippen LogP contribution in [0.5, 0.6) is 34.5 Å². The van der Waals surface area contributed by atoms with Crippen LogP contribution in [0.15, 0.2) is 128 Å². The highest BCUT2D eigenvalue weighted by atomic mass is 16.6. The Balaban J connectivity index is 1.18. The van der Waals surface area contributed by atoms with Crippen molar-refractivity contribution >= 4 is 47.2 Å². The van der Waals surface area contributed by atoms with Crippen LogP contribution in [0.1, 0.15) is 183 Å². The van der Waals surface area contributed by atoms with Crippen molar-refractivity contribution in [2.45, 2.75) is 149 Å². The summed E-state index contributed by atoms with van der Waals surface area (Å²) in [4.78, 5) is 88.4. The molecule has 5 aromatic carbocycles. The molecule has 0 heterocycles. The fourth-order valence-corrected chi connectivity index (χ4v) is 8.75. The van der Waals surface area contributed by atoms with Crippen molar-refractivity contribution in [1.29, 1.82) is 0 Å². The molecular formula is C67H80N2O17. The summed E-state index contributed by atoms with van der Waals surface area (Å²) in [7, 11) is 0. The lowest BCUT2D eigenvalue weighted by molar-refractivity contribution is -0.386. The van der Waals surface area contributed by atoms with E-state index in [9.17, 15) is 38.9 Å². The van der Waals surface area contributed by atoms with Crippen LogP contribution in [-0.4, -0.2) is 73.3 Å². The molecule has 19 nitrogen and oxygen atoms in total. The summed E-state index contributed by atoms with van der Waals surface area (Å²) in [5.74, 6) is -2.93. The molecular weight excluding hydrogens is 1100 g/mol. The van der Waals surface area contributed by atoms with Crippen LogP contribution >= 0.6 is 0 Å². The largest absolute Gasteiger partial charge is 0.494 e. The molecule has 0 saturated carbocycles. The predicted octanol–water partition coefficient (Wildman–Crippen LogP) is 14.6. The predicted molar refractivity (Wildman–Crippen MR) is 324 cm³/mol. The number of carbonyl (C=O) groups is 6. The van der Waals surface area contributed by atoms with Gasteiger partial charge in [-0.2, -0.15) is 0 Å². The van der Waals surface area contributed by atoms with Crippen LogP contribution in [0, 0.1) is 10.1 Å². The zero-order valence-corrected chi connectivity index (χ0v) is 49.4. The zero-order chi connectivity index (χ0) is 61.9. The molecule has 86 heavy (non-hydrogen) atoms. The molecule has 460 valence electrons. The lowest BCUT2D eigenvalue weighted by Crippen LogP contribution is -2.18. The Bertz CT molecular complexity index is 2990. The van der Waals surface area contributed by atoms with Gasteiger partial charge in [0.15, 0.2) is 5.75 Å². The average Bonchev–Trinajstić information content (AvgIpc) is 1.41. The van der Waals surface area contributed by atoms with Gasteiger partial charge < -0.3 is 48.4 Å². The monoisotopic (exact) mass is 1180 g/mol. The van der Waals surface area contributed by atoms with Gasteiger partial charge in [0.25, 0.3) is 0 Å². The highest BCUT2D eigenvalue weighted by molar-refractivity contribution is 6.06. The van der Waals surface area contributed by atoms with Gasteiger partial charge in [0.2, 0.25) is 0 Å². The zero-order valence-electron chi connectivity index (χ0n) is 49.4. The molecule has 0 aromatic heterocycles. The number of nitrogen functional groups attached to an aromatic ring is 1. The van der Waals surface area contributed by atoms with E-state index in [0.29, 0.717) is 49.9 Å². The highest BCUT2D eigenvalue weighted by Crippen LogP contribution is 2.34. The summed E-state index contributed by atoms with van der Waals surface area (Å²) in [6, 6.07) is 24.9. The third kappa shape index (κ3) is 24.7. The molecule has 0 aliphatic rings. The molecule has 0 unspecified atom stereocenters. The number of nitrogens with two attached hydrogens (primary N) is 1. The smallest absolute Gasteiger partial charge is 0.345 e. The van der Waals surface area contributed by atoms with Crippen molar-refractivity contribution < 1.29 is 76.3 Å². The summed E-state index contributed by atoms with van der Waals surface area (Å²) in [5.41, 5.74) is 5.34. The minimum atomic E-state index is -0.974. The normalized spacial score (nSPS) is 11.1. The first kappa shape index (κ1) is 67.8. The lowest BCUT2D eigenvalue weighted by atomic mass is 10.0. The van der Waals surface area contributed by atoms with Crippen LogP contribution in [0.3, 0.4) is 0 Å². The van der Waals surface area contributed by atoms with Crippen molar-refractivity contribution in [1.82, 2.24) is 0 Å². The first-order valence-corrected chi connectivity index (χ1v) is 29.5. The number of carbonyl (C=O) groups excluding carboxylic acids is 6. The van der Waals surface area contributed by atoms with Gasteiger partial charge >= 0.3 is 41.5 Å². The summed E-state index contributed by atoms with van der Waals surface area (Å²) in [6.07, 6.45) is 20.4. The van der Waals surface area contributed by atoms with E-state index >= 15 is 0 Å². The van der Waals surface area contributed by atoms with E-state index in [4.69, 9.17) is 48.4 Å². The Labute approximate surface area is 503 Å². The lowest BCUT2D eigenvalue weighted by Gasteiger charge is -2.16. The fourth-order valence-electron chi connectivity index (χ4n) is 8.75. The van der Waals surface area contributed by atoms with E-state index in [1.54, 1.807) is 48.5 Å². The highest BCUT2D eigenvalue weighted by Gasteiger charge is 2.26. The van der Waals surface area contributed by atoms with Crippen molar-refractivity contribution in [2.24, 2.45) is 0 Å². The minimum absolute atomic E-state index is 0.0539. The van der Waals surface area contributed by atoms with Crippen molar-refractivity contribution in [3.8, 4) is 34.5 Å². The third-order valence-electron chi connectivity index (χ3n) is 13.5. The number of esters is 6. The summed E-state index contributed by atoms with van der Waals surface area (Å²) in [5, 5.41) is 12.0. The fraction of sp³-hybridized carbons (Fsp3) is 0.403. The number of hydrogen-bond acceptors (Lipinski definition) is 18. The van der Waals surface area contributed by atoms with E-state index in [0.717, 1.165) is 134 Å². The molecule has 0 radical (unpaired) electrons. The molecule has 0 fully saturated rings. The number of benzene rings is 5. The Morgan fingerprint density at radius 1 is 0.500 bits per heavy atom. The molecule has 0 aliphatic heterocycles. The van der Waals surface area contributed by atoms with Gasteiger partial charge in [-0.25, -0.2) is 28.8 Å². The van der Waals surface area contributed by atoms with E-state index in [1.807, 2.05) is 6.92 Å². The van der Waals surface area contributed by atoms with Gasteiger partial charge in [-0.15, -0.1) is 0 Å². The second-order valence-electron chi connectivity index (χ2n) is 20.4. The molecule has 0 saturated heterocycles. The SMILES string of the molecule is C=CC(=O)OCCCCCCCCCOc1ccc(OC(=O)c2ccc(C(=O)Oc3ccc(OCCCCCCCCCOC(=O)C=C)cc3)c(C(=O)OCc3ccc(OC(=O)c4cc([N+](=O)[O-])c(O[C@@H](C)CCCCCC)cc4N)cc3)c2)cc1. The minimum Gasteiger partial charge on any atom is -0.494 e. The van der Waals surface area contributed by atoms with Crippen molar-refractivity contribution in [2.75, 3.05) is 32.2 Å². The summed E-state index contributed by atoms with van der Waals surface area (Å²) in [6.45, 7) is 12.2. The number of nitro groups is 1. The third-order valence-corrected chi connectivity index (χ3v) is 13.5. The van der Waals surface area contributed by atoms with Gasteiger partial charge in [0.05, 0.1) is 65.4 Å². The van der Waals surface area contributed by atoms with Crippen molar-refractivity contribution in [3.05, 3.63) is 166 Å². The number of hydrogen-bond donors (Lipinski definition) is 1. The molecule has 2 N–H and O–H groups in total. The number of ether oxygens (including phenoxy) is 9. The van der Waals surface area contributed by atoms with Crippen LogP contribution in [0.2, 0.25) is 0 Å². The molecule has 0 bridgehead atoms. The first-order valence-electron chi connectivity index (χ1n) is 29.5. The number of anilines is 1. The first-order chi connectivity index (χ1) is 41.7. The van der Waals surface area contributed by atoms with E-state index in [1.165, 1.54) is 48.5 Å². The maximum atomic E-state index is 14.0. The van der Waals surface area contributed by atoms with E-state index in [2.05, 4.69) is 20.1 Å². The number of nitro benzene ring substituents is 1. The Morgan fingerprint density at radius 3 is 1.43 bits per heavy atom. The number of rotatable bonds is 41. The van der Waals surface area contributed by atoms with Crippen molar-refractivity contribution in [3.63, 3.8) is 0 Å². The molecule has 19 heteroatoms. The van der Waals surface area contributed by atoms with Crippen LogP contribution < -0.4 is 34.2 Å². The van der Waals surface area contributed by atoms with Crippen LogP contribution in [-0.2, 0) is 30.4 Å². The molecule has 0 aliphatic carbocycles. The van der Waals surface area contributed by atoms with E-state index in [-0.39, 0.29) is 63.7 Å². The maximum Gasteiger partial charge on any atom is 0.345 e. The molecule has 0 spiro atoms. The Morgan fingerprint density at radius 2 is 0.942 bits per heavy atom. The topological polar surface area (TPSA) is 255 Å². The number of nitrogens with zero attached hydrogens (tertiary/aromatic N) is 1. The molecule has 5 aromatic rings. The molecule has 5 rings (SSSR count). The Kier molecular flexibility index (Phi) is 30.0. The van der Waals surface area contributed by atoms with Gasteiger partial charge in [-0.3, -0.25) is 10.1 Å². The quantitative estimate of drug-likeness (QED) is 0.00558. The van der Waals surface area contributed by atoms with Gasteiger partial charge in [-0.1, -0.05) is 116 Å². The Hall–Kier alpha value is -9.00. The van der Waals surface area contributed by atoms with Crippen LogP contribution in [0.4, 0.5) is 11.4 Å². The second-order valence-corrected chi connectivity index (χ2v) is 20.4. The molecule has 1 atom stereocenters.